The number of anilines is 1. The van der Waals surface area contributed by atoms with Gasteiger partial charge in [-0.3, -0.25) is 14.6 Å². The molecule has 0 bridgehead atoms. The van der Waals surface area contributed by atoms with Crippen LogP contribution in [0, 0.1) is 11.8 Å². The minimum atomic E-state index is -0.789. The zero-order valence-corrected chi connectivity index (χ0v) is 26.3. The van der Waals surface area contributed by atoms with E-state index in [0.29, 0.717) is 37.3 Å². The molecule has 3 amide bonds. The second-order valence-electron chi connectivity index (χ2n) is 12.6. The second kappa shape index (κ2) is 14.8. The van der Waals surface area contributed by atoms with Crippen LogP contribution in [0.2, 0.25) is 0 Å². The lowest BCUT2D eigenvalue weighted by atomic mass is 9.81. The fraction of sp³-hybridized carbons (Fsp3) is 0.382. The first kappa shape index (κ1) is 32.3. The third-order valence-electron chi connectivity index (χ3n) is 7.95. The van der Waals surface area contributed by atoms with E-state index in [2.05, 4.69) is 41.6 Å². The summed E-state index contributed by atoms with van der Waals surface area (Å²) in [5.41, 5.74) is 3.79. The van der Waals surface area contributed by atoms with E-state index in [1.807, 2.05) is 57.2 Å². The number of alkyl carbamates (subject to hydrolysis) is 1. The lowest BCUT2D eigenvalue weighted by molar-refractivity contribution is -0.130. The van der Waals surface area contributed by atoms with Crippen molar-refractivity contribution in [3.63, 3.8) is 0 Å². The Morgan fingerprint density at radius 2 is 1.54 bits per heavy atom. The standard InChI is InChI=1S/C34H40N8O4/c1-34(2,3)46-33(45)36-21-23-6-10-27(11-7-23)31(43)38-29(20-22-4-8-24(9-5-22)25-16-18-35-19-17-25)32(44)37-28-14-12-26(13-15-28)30-39-41-42-40-30/h4-5,8-9,12-19,23,27,29H,6-7,10-11,20-21H2,1-3H3,(H,36,45)(H,37,44)(H,38,43)(H,39,40,41,42). The van der Waals surface area contributed by atoms with Crippen LogP contribution in [0.5, 0.6) is 0 Å². The summed E-state index contributed by atoms with van der Waals surface area (Å²) >= 11 is 0. The highest BCUT2D eigenvalue weighted by atomic mass is 16.6. The molecule has 46 heavy (non-hydrogen) atoms. The highest BCUT2D eigenvalue weighted by Crippen LogP contribution is 2.29. The highest BCUT2D eigenvalue weighted by Gasteiger charge is 2.30. The lowest BCUT2D eigenvalue weighted by Crippen LogP contribution is -2.48. The molecule has 1 fully saturated rings. The molecule has 2 aromatic heterocycles. The smallest absolute Gasteiger partial charge is 0.407 e. The summed E-state index contributed by atoms with van der Waals surface area (Å²) in [5, 5.41) is 22.8. The van der Waals surface area contributed by atoms with E-state index < -0.39 is 17.7 Å². The van der Waals surface area contributed by atoms with E-state index in [9.17, 15) is 14.4 Å². The summed E-state index contributed by atoms with van der Waals surface area (Å²) in [4.78, 5) is 43.2. The summed E-state index contributed by atoms with van der Waals surface area (Å²) in [6, 6.07) is 18.2. The van der Waals surface area contributed by atoms with Crippen LogP contribution in [0.25, 0.3) is 22.5 Å². The van der Waals surface area contributed by atoms with Crippen LogP contribution >= 0.6 is 0 Å². The molecule has 5 rings (SSSR count). The molecule has 4 N–H and O–H groups in total. The van der Waals surface area contributed by atoms with Gasteiger partial charge in [0.1, 0.15) is 11.6 Å². The van der Waals surface area contributed by atoms with Crippen LogP contribution in [-0.4, -0.2) is 61.7 Å². The van der Waals surface area contributed by atoms with E-state index in [1.165, 1.54) is 0 Å². The molecule has 0 saturated heterocycles. The van der Waals surface area contributed by atoms with Gasteiger partial charge >= 0.3 is 6.09 Å². The minimum Gasteiger partial charge on any atom is -0.444 e. The number of rotatable bonds is 10. The maximum absolute atomic E-state index is 13.6. The summed E-state index contributed by atoms with van der Waals surface area (Å²) in [6.45, 7) is 6.00. The van der Waals surface area contributed by atoms with Gasteiger partial charge in [0, 0.05) is 42.5 Å². The average Bonchev–Trinajstić information content (AvgIpc) is 3.59. The number of ether oxygens (including phenoxy) is 1. The van der Waals surface area contributed by atoms with Gasteiger partial charge in [-0.05, 0) is 111 Å². The number of hydrogen-bond donors (Lipinski definition) is 4. The molecule has 12 heteroatoms. The van der Waals surface area contributed by atoms with Gasteiger partial charge in [-0.1, -0.05) is 24.3 Å². The van der Waals surface area contributed by atoms with Crippen molar-refractivity contribution in [1.82, 2.24) is 36.2 Å². The van der Waals surface area contributed by atoms with Crippen molar-refractivity contribution in [2.45, 2.75) is 64.5 Å². The number of hydrogen-bond acceptors (Lipinski definition) is 8. The molecule has 4 aromatic rings. The minimum absolute atomic E-state index is 0.139. The maximum atomic E-state index is 13.6. The highest BCUT2D eigenvalue weighted by molar-refractivity contribution is 5.97. The number of tetrazole rings is 1. The molecule has 0 radical (unpaired) electrons. The van der Waals surface area contributed by atoms with E-state index in [-0.39, 0.29) is 23.7 Å². The zero-order valence-electron chi connectivity index (χ0n) is 26.3. The van der Waals surface area contributed by atoms with Crippen LogP contribution in [0.3, 0.4) is 0 Å². The number of aromatic nitrogens is 5. The molecule has 1 aliphatic carbocycles. The second-order valence-corrected chi connectivity index (χ2v) is 12.6. The van der Waals surface area contributed by atoms with Gasteiger partial charge < -0.3 is 20.7 Å². The summed E-state index contributed by atoms with van der Waals surface area (Å²) in [5.74, 6) is 0.0589. The van der Waals surface area contributed by atoms with E-state index >= 15 is 0 Å². The Bertz CT molecular complexity index is 1580. The Balaban J connectivity index is 1.22. The molecular weight excluding hydrogens is 584 g/mol. The number of benzene rings is 2. The molecule has 1 saturated carbocycles. The van der Waals surface area contributed by atoms with Gasteiger partial charge in [-0.25, -0.2) is 4.79 Å². The number of nitrogens with one attached hydrogen (secondary N) is 4. The van der Waals surface area contributed by atoms with Crippen LogP contribution in [0.4, 0.5) is 10.5 Å². The lowest BCUT2D eigenvalue weighted by Gasteiger charge is -2.29. The van der Waals surface area contributed by atoms with Crippen LogP contribution < -0.4 is 16.0 Å². The van der Waals surface area contributed by atoms with Gasteiger partial charge in [0.2, 0.25) is 17.6 Å². The van der Waals surface area contributed by atoms with Crippen LogP contribution in [-0.2, 0) is 20.7 Å². The fourth-order valence-corrected chi connectivity index (χ4v) is 5.50. The molecule has 1 aliphatic rings. The quantitative estimate of drug-likeness (QED) is 0.193. The Kier molecular flexibility index (Phi) is 10.4. The first-order chi connectivity index (χ1) is 22.1. The Labute approximate surface area is 268 Å². The van der Waals surface area contributed by atoms with Gasteiger partial charge in [-0.2, -0.15) is 5.21 Å². The first-order valence-corrected chi connectivity index (χ1v) is 15.5. The number of aromatic amines is 1. The topological polar surface area (TPSA) is 164 Å². The zero-order chi connectivity index (χ0) is 32.5. The average molecular weight is 625 g/mol. The molecule has 0 spiro atoms. The SMILES string of the molecule is CC(C)(C)OC(=O)NCC1CCC(C(=O)NC(Cc2ccc(-c3ccncc3)cc2)C(=O)Nc2ccc(-c3nn[nH]n3)cc2)CC1. The van der Waals surface area contributed by atoms with Crippen molar-refractivity contribution < 1.29 is 19.1 Å². The largest absolute Gasteiger partial charge is 0.444 e. The molecule has 2 aromatic carbocycles. The molecular formula is C34H40N8O4. The molecule has 1 atom stereocenters. The third kappa shape index (κ3) is 9.19. The van der Waals surface area contributed by atoms with Crippen molar-refractivity contribution in [1.29, 1.82) is 0 Å². The number of nitrogens with zero attached hydrogens (tertiary/aromatic N) is 4. The van der Waals surface area contributed by atoms with Crippen LogP contribution in [0.1, 0.15) is 52.0 Å². The third-order valence-corrected chi connectivity index (χ3v) is 7.95. The fourth-order valence-electron chi connectivity index (χ4n) is 5.50. The number of carbonyl (C=O) groups is 3. The van der Waals surface area contributed by atoms with E-state index in [0.717, 1.165) is 35.1 Å². The summed E-state index contributed by atoms with van der Waals surface area (Å²) < 4.78 is 5.33. The van der Waals surface area contributed by atoms with Gasteiger partial charge in [0.05, 0.1) is 0 Å². The van der Waals surface area contributed by atoms with Crippen LogP contribution in [0.15, 0.2) is 73.1 Å². The molecule has 1 unspecified atom stereocenters. The maximum Gasteiger partial charge on any atom is 0.407 e. The first-order valence-electron chi connectivity index (χ1n) is 15.5. The number of amides is 3. The van der Waals surface area contributed by atoms with E-state index in [4.69, 9.17) is 4.74 Å². The van der Waals surface area contributed by atoms with E-state index in [1.54, 1.807) is 36.7 Å². The van der Waals surface area contributed by atoms with Gasteiger partial charge in [0.25, 0.3) is 0 Å². The Hall–Kier alpha value is -5.13. The van der Waals surface area contributed by atoms with Gasteiger partial charge in [0.15, 0.2) is 0 Å². The molecule has 240 valence electrons. The summed E-state index contributed by atoms with van der Waals surface area (Å²) in [7, 11) is 0. The number of pyridine rings is 1. The van der Waals surface area contributed by atoms with Crippen molar-refractivity contribution in [2.24, 2.45) is 11.8 Å². The molecule has 2 heterocycles. The normalized spacial score (nSPS) is 17.0. The predicted molar refractivity (Wildman–Crippen MR) is 173 cm³/mol. The van der Waals surface area contributed by atoms with Gasteiger partial charge in [-0.15, -0.1) is 10.2 Å². The van der Waals surface area contributed by atoms with Crippen molar-refractivity contribution in [3.05, 3.63) is 78.6 Å². The Morgan fingerprint density at radius 1 is 0.891 bits per heavy atom. The summed E-state index contributed by atoms with van der Waals surface area (Å²) in [6.07, 6.45) is 6.35. The molecule has 0 aliphatic heterocycles. The van der Waals surface area contributed by atoms with Crippen molar-refractivity contribution in [2.75, 3.05) is 11.9 Å². The molecule has 12 nitrogen and oxygen atoms in total. The van der Waals surface area contributed by atoms with Crippen molar-refractivity contribution in [3.8, 4) is 22.5 Å². The number of H-pyrrole nitrogens is 1. The number of carbonyl (C=O) groups excluding carboxylic acids is 3. The van der Waals surface area contributed by atoms with Crippen molar-refractivity contribution >= 4 is 23.6 Å². The monoisotopic (exact) mass is 624 g/mol. The predicted octanol–water partition coefficient (Wildman–Crippen LogP) is 4.93. The Morgan fingerprint density at radius 3 is 2.17 bits per heavy atom.